The molecule has 0 spiro atoms. The third-order valence-corrected chi connectivity index (χ3v) is 2.46. The van der Waals surface area contributed by atoms with Crippen molar-refractivity contribution in [3.05, 3.63) is 0 Å². The molecule has 1 aliphatic heterocycles. The van der Waals surface area contributed by atoms with Crippen LogP contribution in [0, 0.1) is 5.92 Å². The molecule has 1 fully saturated rings. The number of amides is 2. The number of carbonyl (C=O) groups excluding carboxylic acids is 2. The van der Waals surface area contributed by atoms with Gasteiger partial charge in [-0.2, -0.15) is 0 Å². The second-order valence-electron chi connectivity index (χ2n) is 3.71. The molecule has 5 heteroatoms. The van der Waals surface area contributed by atoms with Crippen molar-refractivity contribution >= 4 is 11.8 Å². The lowest BCUT2D eigenvalue weighted by molar-refractivity contribution is -0.128. The van der Waals surface area contributed by atoms with E-state index in [-0.39, 0.29) is 24.3 Å². The van der Waals surface area contributed by atoms with Gasteiger partial charge in [0, 0.05) is 13.1 Å². The summed E-state index contributed by atoms with van der Waals surface area (Å²) in [4.78, 5) is 22.7. The van der Waals surface area contributed by atoms with Gasteiger partial charge in [0.05, 0.1) is 12.5 Å². The average molecular weight is 213 g/mol. The van der Waals surface area contributed by atoms with E-state index >= 15 is 0 Å². The van der Waals surface area contributed by atoms with Crippen molar-refractivity contribution in [1.82, 2.24) is 16.0 Å². The molecule has 1 aliphatic rings. The van der Waals surface area contributed by atoms with Crippen LogP contribution >= 0.6 is 0 Å². The van der Waals surface area contributed by atoms with Gasteiger partial charge < -0.3 is 16.0 Å². The van der Waals surface area contributed by atoms with Crippen molar-refractivity contribution < 1.29 is 9.59 Å². The summed E-state index contributed by atoms with van der Waals surface area (Å²) in [5.74, 6) is -0.128. The Bertz CT molecular complexity index is 225. The molecule has 1 atom stereocenters. The summed E-state index contributed by atoms with van der Waals surface area (Å²) >= 11 is 0. The number of rotatable bonds is 4. The fraction of sp³-hybridized carbons (Fsp3) is 0.800. The van der Waals surface area contributed by atoms with Gasteiger partial charge >= 0.3 is 0 Å². The first-order valence-electron chi connectivity index (χ1n) is 5.49. The van der Waals surface area contributed by atoms with Gasteiger partial charge in [-0.3, -0.25) is 9.59 Å². The molecule has 1 rings (SSSR count). The normalized spacial score (nSPS) is 20.7. The minimum absolute atomic E-state index is 0.0200. The molecule has 0 bridgehead atoms. The highest BCUT2D eigenvalue weighted by atomic mass is 16.2. The van der Waals surface area contributed by atoms with Gasteiger partial charge in [0.2, 0.25) is 11.8 Å². The van der Waals surface area contributed by atoms with Crippen LogP contribution in [0.15, 0.2) is 0 Å². The molecule has 5 nitrogen and oxygen atoms in total. The zero-order chi connectivity index (χ0) is 11.1. The molecule has 15 heavy (non-hydrogen) atoms. The van der Waals surface area contributed by atoms with Gasteiger partial charge in [-0.05, 0) is 26.3 Å². The van der Waals surface area contributed by atoms with E-state index in [0.717, 1.165) is 25.9 Å². The predicted molar refractivity (Wildman–Crippen MR) is 57.3 cm³/mol. The number of nitrogens with one attached hydrogen (secondary N) is 3. The molecule has 0 aromatic heterocycles. The highest BCUT2D eigenvalue weighted by molar-refractivity contribution is 5.85. The largest absolute Gasteiger partial charge is 0.355 e. The SMILES string of the molecule is CCNC(=O)CNC(=O)[C@@H]1CCCNC1. The van der Waals surface area contributed by atoms with Gasteiger partial charge in [-0.1, -0.05) is 0 Å². The Morgan fingerprint density at radius 1 is 1.40 bits per heavy atom. The van der Waals surface area contributed by atoms with Gasteiger partial charge in [0.1, 0.15) is 0 Å². The highest BCUT2D eigenvalue weighted by Gasteiger charge is 2.20. The van der Waals surface area contributed by atoms with Crippen molar-refractivity contribution in [2.24, 2.45) is 5.92 Å². The van der Waals surface area contributed by atoms with E-state index in [2.05, 4.69) is 16.0 Å². The topological polar surface area (TPSA) is 70.2 Å². The summed E-state index contributed by atoms with van der Waals surface area (Å²) in [5.41, 5.74) is 0. The molecule has 0 radical (unpaired) electrons. The Labute approximate surface area is 90.0 Å². The second kappa shape index (κ2) is 6.40. The van der Waals surface area contributed by atoms with E-state index < -0.39 is 0 Å². The molecule has 0 aromatic carbocycles. The van der Waals surface area contributed by atoms with Crippen LogP contribution in [0.4, 0.5) is 0 Å². The molecule has 0 saturated carbocycles. The fourth-order valence-electron chi connectivity index (χ4n) is 1.65. The first kappa shape index (κ1) is 12.0. The molecule has 0 aliphatic carbocycles. The number of piperidine rings is 1. The lowest BCUT2D eigenvalue weighted by atomic mass is 9.99. The monoisotopic (exact) mass is 213 g/mol. The molecule has 86 valence electrons. The number of likely N-dealkylation sites (N-methyl/N-ethyl adjacent to an activating group) is 1. The van der Waals surface area contributed by atoms with E-state index in [4.69, 9.17) is 0 Å². The Morgan fingerprint density at radius 2 is 2.20 bits per heavy atom. The van der Waals surface area contributed by atoms with Gasteiger partial charge in [0.25, 0.3) is 0 Å². The van der Waals surface area contributed by atoms with Crippen molar-refractivity contribution in [1.29, 1.82) is 0 Å². The third-order valence-electron chi connectivity index (χ3n) is 2.46. The summed E-state index contributed by atoms with van der Waals surface area (Å²) in [5, 5.41) is 8.45. The zero-order valence-corrected chi connectivity index (χ0v) is 9.14. The maximum Gasteiger partial charge on any atom is 0.239 e. The van der Waals surface area contributed by atoms with E-state index in [1.807, 2.05) is 6.92 Å². The summed E-state index contributed by atoms with van der Waals surface area (Å²) in [6.07, 6.45) is 1.94. The van der Waals surface area contributed by atoms with E-state index in [1.54, 1.807) is 0 Å². The lowest BCUT2D eigenvalue weighted by Gasteiger charge is -2.21. The highest BCUT2D eigenvalue weighted by Crippen LogP contribution is 2.09. The smallest absolute Gasteiger partial charge is 0.239 e. The van der Waals surface area contributed by atoms with Crippen LogP contribution in [0.2, 0.25) is 0 Å². The van der Waals surface area contributed by atoms with Gasteiger partial charge in [0.15, 0.2) is 0 Å². The van der Waals surface area contributed by atoms with Crippen LogP contribution in [0.5, 0.6) is 0 Å². The fourth-order valence-corrected chi connectivity index (χ4v) is 1.65. The van der Waals surface area contributed by atoms with Crippen molar-refractivity contribution in [3.8, 4) is 0 Å². The molecule has 1 heterocycles. The average Bonchev–Trinajstić information content (AvgIpc) is 2.27. The molecular weight excluding hydrogens is 194 g/mol. The Kier molecular flexibility index (Phi) is 5.10. The van der Waals surface area contributed by atoms with Crippen LogP contribution in [0.25, 0.3) is 0 Å². The number of carbonyl (C=O) groups is 2. The van der Waals surface area contributed by atoms with Crippen LogP contribution in [0.3, 0.4) is 0 Å². The van der Waals surface area contributed by atoms with Crippen LogP contribution < -0.4 is 16.0 Å². The Hall–Kier alpha value is -1.10. The zero-order valence-electron chi connectivity index (χ0n) is 9.14. The number of hydrogen-bond acceptors (Lipinski definition) is 3. The quantitative estimate of drug-likeness (QED) is 0.575. The summed E-state index contributed by atoms with van der Waals surface area (Å²) in [7, 11) is 0. The summed E-state index contributed by atoms with van der Waals surface area (Å²) in [6.45, 7) is 4.25. The third kappa shape index (κ3) is 4.29. The summed E-state index contributed by atoms with van der Waals surface area (Å²) < 4.78 is 0. The standard InChI is InChI=1S/C10H19N3O2/c1-2-12-9(14)7-13-10(15)8-4-3-5-11-6-8/h8,11H,2-7H2,1H3,(H,12,14)(H,13,15)/t8-/m1/s1. The molecule has 1 saturated heterocycles. The minimum Gasteiger partial charge on any atom is -0.355 e. The Morgan fingerprint density at radius 3 is 2.80 bits per heavy atom. The van der Waals surface area contributed by atoms with Crippen LogP contribution in [-0.2, 0) is 9.59 Å². The molecular formula is C10H19N3O2. The van der Waals surface area contributed by atoms with Crippen LogP contribution in [0.1, 0.15) is 19.8 Å². The summed E-state index contributed by atoms with van der Waals surface area (Å²) in [6, 6.07) is 0. The van der Waals surface area contributed by atoms with Crippen molar-refractivity contribution in [2.75, 3.05) is 26.2 Å². The molecule has 2 amide bonds. The van der Waals surface area contributed by atoms with E-state index in [9.17, 15) is 9.59 Å². The van der Waals surface area contributed by atoms with E-state index in [1.165, 1.54) is 0 Å². The maximum absolute atomic E-state index is 11.6. The predicted octanol–water partition coefficient (Wildman–Crippen LogP) is -0.762. The van der Waals surface area contributed by atoms with E-state index in [0.29, 0.717) is 6.54 Å². The second-order valence-corrected chi connectivity index (χ2v) is 3.71. The molecule has 0 aromatic rings. The van der Waals surface area contributed by atoms with Crippen molar-refractivity contribution in [2.45, 2.75) is 19.8 Å². The van der Waals surface area contributed by atoms with Gasteiger partial charge in [-0.15, -0.1) is 0 Å². The maximum atomic E-state index is 11.6. The first-order chi connectivity index (χ1) is 7.24. The Balaban J connectivity index is 2.19. The van der Waals surface area contributed by atoms with Crippen LogP contribution in [-0.4, -0.2) is 38.0 Å². The lowest BCUT2D eigenvalue weighted by Crippen LogP contribution is -2.44. The first-order valence-corrected chi connectivity index (χ1v) is 5.49. The van der Waals surface area contributed by atoms with Crippen molar-refractivity contribution in [3.63, 3.8) is 0 Å². The number of hydrogen-bond donors (Lipinski definition) is 3. The molecule has 0 unspecified atom stereocenters. The van der Waals surface area contributed by atoms with Gasteiger partial charge in [-0.25, -0.2) is 0 Å². The molecule has 3 N–H and O–H groups in total. The minimum atomic E-state index is -0.130.